The number of aromatic hydroxyl groups is 2. The van der Waals surface area contributed by atoms with Gasteiger partial charge in [0.1, 0.15) is 11.5 Å². The number of hydrogen-bond acceptors (Lipinski definition) is 4. The fraction of sp³-hybridized carbons (Fsp3) is 0.0526. The first-order valence-corrected chi connectivity index (χ1v) is 10.8. The molecule has 0 spiro atoms. The van der Waals surface area contributed by atoms with Crippen LogP contribution in [0.15, 0.2) is 54.6 Å². The molecule has 0 amide bonds. The van der Waals surface area contributed by atoms with Crippen molar-refractivity contribution < 1.29 is 23.2 Å². The minimum atomic E-state index is -5.10. The van der Waals surface area contributed by atoms with Crippen LogP contribution >= 0.6 is 46.4 Å². The maximum Gasteiger partial charge on any atom is 0.283 e. The van der Waals surface area contributed by atoms with E-state index in [2.05, 4.69) is 0 Å². The average Bonchev–Trinajstić information content (AvgIpc) is 2.59. The van der Waals surface area contributed by atoms with Crippen LogP contribution in [-0.2, 0) is 14.9 Å². The Hall–Kier alpha value is -1.67. The van der Waals surface area contributed by atoms with Crippen LogP contribution in [-0.4, -0.2) is 23.2 Å². The Labute approximate surface area is 186 Å². The van der Waals surface area contributed by atoms with Crippen molar-refractivity contribution in [2.75, 3.05) is 0 Å². The molecule has 152 valence electrons. The fourth-order valence-electron chi connectivity index (χ4n) is 3.25. The van der Waals surface area contributed by atoms with Gasteiger partial charge in [0.15, 0.2) is 4.75 Å². The molecule has 0 aliphatic carbocycles. The molecule has 1 atom stereocenters. The Morgan fingerprint density at radius 3 is 1.97 bits per heavy atom. The zero-order chi connectivity index (χ0) is 21.6. The molecule has 29 heavy (non-hydrogen) atoms. The molecular weight excluding hydrogens is 482 g/mol. The number of benzene rings is 3. The molecule has 0 aliphatic heterocycles. The largest absolute Gasteiger partial charge is 0.508 e. The van der Waals surface area contributed by atoms with E-state index in [1.165, 1.54) is 42.5 Å². The van der Waals surface area contributed by atoms with Gasteiger partial charge < -0.3 is 10.2 Å². The highest BCUT2D eigenvalue weighted by Gasteiger charge is 2.52. The third-order valence-electron chi connectivity index (χ3n) is 4.35. The van der Waals surface area contributed by atoms with E-state index in [-0.39, 0.29) is 42.5 Å². The average molecular weight is 494 g/mol. The lowest BCUT2D eigenvalue weighted by Gasteiger charge is -2.34. The lowest BCUT2D eigenvalue weighted by Crippen LogP contribution is -2.39. The van der Waals surface area contributed by atoms with E-state index in [0.717, 1.165) is 12.1 Å². The zero-order valence-corrected chi connectivity index (χ0v) is 18.1. The lowest BCUT2D eigenvalue weighted by molar-refractivity contribution is 0.455. The summed E-state index contributed by atoms with van der Waals surface area (Å²) in [6.07, 6.45) is 0. The van der Waals surface area contributed by atoms with Crippen LogP contribution in [0, 0.1) is 0 Å². The summed E-state index contributed by atoms with van der Waals surface area (Å²) < 4.78 is 34.1. The van der Waals surface area contributed by atoms with Crippen molar-refractivity contribution in [3.63, 3.8) is 0 Å². The SMILES string of the molecule is O=S(=O)(O)C(c1cccc(Cl)c1)(c1cccc(O)c1Cl)c1c(Cl)cc(O)cc1Cl. The minimum absolute atomic E-state index is 0.0329. The molecule has 0 saturated carbocycles. The highest BCUT2D eigenvalue weighted by Crippen LogP contribution is 2.52. The van der Waals surface area contributed by atoms with Gasteiger partial charge in [0.25, 0.3) is 10.1 Å². The summed E-state index contributed by atoms with van der Waals surface area (Å²) in [5, 5.41) is 19.2. The van der Waals surface area contributed by atoms with Crippen molar-refractivity contribution >= 4 is 56.5 Å². The van der Waals surface area contributed by atoms with Crippen LogP contribution in [0.4, 0.5) is 0 Å². The van der Waals surface area contributed by atoms with Gasteiger partial charge in [-0.05, 0) is 35.9 Å². The highest BCUT2D eigenvalue weighted by molar-refractivity contribution is 7.87. The van der Waals surface area contributed by atoms with Gasteiger partial charge in [-0.1, -0.05) is 70.7 Å². The van der Waals surface area contributed by atoms with Crippen LogP contribution in [0.1, 0.15) is 16.7 Å². The second-order valence-corrected chi connectivity index (χ2v) is 9.28. The molecule has 1 unspecified atom stereocenters. The van der Waals surface area contributed by atoms with Crippen LogP contribution in [0.5, 0.6) is 11.5 Å². The first-order chi connectivity index (χ1) is 13.5. The Balaban J connectivity index is 2.66. The van der Waals surface area contributed by atoms with Crippen molar-refractivity contribution in [2.24, 2.45) is 0 Å². The van der Waals surface area contributed by atoms with E-state index in [1.807, 2.05) is 0 Å². The molecule has 0 heterocycles. The van der Waals surface area contributed by atoms with Gasteiger partial charge in [0, 0.05) is 16.1 Å². The van der Waals surface area contributed by atoms with E-state index in [0.29, 0.717) is 0 Å². The van der Waals surface area contributed by atoms with Crippen LogP contribution in [0.3, 0.4) is 0 Å². The predicted octanol–water partition coefficient (Wildman–Crippen LogP) is 5.89. The monoisotopic (exact) mass is 492 g/mol. The molecule has 0 bridgehead atoms. The molecule has 0 saturated heterocycles. The van der Waals surface area contributed by atoms with Crippen LogP contribution in [0.2, 0.25) is 20.1 Å². The Morgan fingerprint density at radius 2 is 1.41 bits per heavy atom. The summed E-state index contributed by atoms with van der Waals surface area (Å²) >= 11 is 24.9. The Bertz CT molecular complexity index is 1190. The van der Waals surface area contributed by atoms with Gasteiger partial charge in [-0.2, -0.15) is 8.42 Å². The third kappa shape index (κ3) is 3.65. The van der Waals surface area contributed by atoms with E-state index in [9.17, 15) is 23.2 Å². The van der Waals surface area contributed by atoms with Crippen molar-refractivity contribution in [1.82, 2.24) is 0 Å². The molecule has 0 fully saturated rings. The second kappa shape index (κ2) is 7.87. The van der Waals surface area contributed by atoms with Crippen molar-refractivity contribution in [3.05, 3.63) is 91.4 Å². The summed E-state index contributed by atoms with van der Waals surface area (Å²) in [6, 6.07) is 11.7. The summed E-state index contributed by atoms with van der Waals surface area (Å²) in [4.78, 5) is 0. The number of hydrogen-bond donors (Lipinski definition) is 3. The number of phenolic OH excluding ortho intramolecular Hbond substituents is 2. The van der Waals surface area contributed by atoms with Crippen LogP contribution < -0.4 is 0 Å². The molecule has 3 aromatic rings. The van der Waals surface area contributed by atoms with Crippen molar-refractivity contribution in [2.45, 2.75) is 4.75 Å². The summed E-state index contributed by atoms with van der Waals surface area (Å²) in [5.41, 5.74) is -0.510. The van der Waals surface area contributed by atoms with Gasteiger partial charge in [-0.25, -0.2) is 0 Å². The predicted molar refractivity (Wildman–Crippen MR) is 114 cm³/mol. The summed E-state index contributed by atoms with van der Waals surface area (Å²) in [7, 11) is -5.10. The quantitative estimate of drug-likeness (QED) is 0.311. The first kappa shape index (κ1) is 22.0. The highest BCUT2D eigenvalue weighted by atomic mass is 35.5. The molecule has 10 heteroatoms. The molecule has 3 rings (SSSR count). The van der Waals surface area contributed by atoms with E-state index < -0.39 is 20.6 Å². The molecule has 5 nitrogen and oxygen atoms in total. The topological polar surface area (TPSA) is 94.8 Å². The van der Waals surface area contributed by atoms with E-state index in [1.54, 1.807) is 0 Å². The molecule has 0 aliphatic rings. The van der Waals surface area contributed by atoms with Gasteiger partial charge in [0.05, 0.1) is 15.1 Å². The number of rotatable bonds is 4. The van der Waals surface area contributed by atoms with Crippen molar-refractivity contribution in [3.8, 4) is 11.5 Å². The third-order valence-corrected chi connectivity index (χ3v) is 7.02. The Morgan fingerprint density at radius 1 is 0.828 bits per heavy atom. The molecule has 3 N–H and O–H groups in total. The van der Waals surface area contributed by atoms with Crippen LogP contribution in [0.25, 0.3) is 0 Å². The maximum atomic E-state index is 13.0. The lowest BCUT2D eigenvalue weighted by atomic mass is 9.83. The summed E-state index contributed by atoms with van der Waals surface area (Å²) in [6.45, 7) is 0. The fourth-order valence-corrected chi connectivity index (χ4v) is 5.98. The molecule has 3 aromatic carbocycles. The smallest absolute Gasteiger partial charge is 0.283 e. The second-order valence-electron chi connectivity index (χ2n) is 6.09. The number of halogens is 4. The van der Waals surface area contributed by atoms with Gasteiger partial charge in [0.2, 0.25) is 0 Å². The zero-order valence-electron chi connectivity index (χ0n) is 14.3. The van der Waals surface area contributed by atoms with E-state index >= 15 is 0 Å². The standard InChI is InChI=1S/C19H12Cl4O5S/c20-11-4-1-3-10(7-11)19(29(26,27)28,13-5-2-6-16(25)18(13)23)17-14(21)8-12(24)9-15(17)22/h1-9,24-25H,(H,26,27,28). The maximum absolute atomic E-state index is 13.0. The molecule has 0 aromatic heterocycles. The molecular formula is C19H12Cl4O5S. The van der Waals surface area contributed by atoms with Gasteiger partial charge in [-0.3, -0.25) is 4.55 Å². The van der Waals surface area contributed by atoms with Crippen molar-refractivity contribution in [1.29, 1.82) is 0 Å². The molecule has 0 radical (unpaired) electrons. The van der Waals surface area contributed by atoms with Gasteiger partial charge in [-0.15, -0.1) is 0 Å². The summed E-state index contributed by atoms with van der Waals surface area (Å²) in [5.74, 6) is -0.744. The Kier molecular flexibility index (Phi) is 5.98. The van der Waals surface area contributed by atoms with E-state index in [4.69, 9.17) is 46.4 Å². The minimum Gasteiger partial charge on any atom is -0.508 e. The normalized spacial score (nSPS) is 13.8. The van der Waals surface area contributed by atoms with Gasteiger partial charge >= 0.3 is 0 Å². The number of phenols is 2. The first-order valence-electron chi connectivity index (χ1n) is 7.89.